The number of nitrogen functional groups attached to an aromatic ring is 1. The first-order valence-electron chi connectivity index (χ1n) is 12.1. The van der Waals surface area contributed by atoms with Gasteiger partial charge in [0, 0.05) is 17.6 Å². The zero-order chi connectivity index (χ0) is 23.4. The zero-order valence-corrected chi connectivity index (χ0v) is 19.2. The Labute approximate surface area is 197 Å². The summed E-state index contributed by atoms with van der Waals surface area (Å²) in [5, 5.41) is 27.1. The molecule has 5 atom stereocenters. The van der Waals surface area contributed by atoms with E-state index in [9.17, 15) is 10.2 Å². The van der Waals surface area contributed by atoms with E-state index in [-0.39, 0.29) is 12.0 Å². The Morgan fingerprint density at radius 1 is 1.15 bits per heavy atom. The lowest BCUT2D eigenvalue weighted by atomic mass is 9.95. The van der Waals surface area contributed by atoms with Crippen molar-refractivity contribution in [1.29, 1.82) is 0 Å². The Bertz CT molecular complexity index is 1370. The monoisotopic (exact) mass is 458 g/mol. The maximum atomic E-state index is 10.8. The van der Waals surface area contributed by atoms with Crippen LogP contribution in [0, 0.1) is 5.92 Å². The number of aromatic nitrogens is 4. The number of hydrogen-bond acceptors (Lipinski definition) is 7. The lowest BCUT2D eigenvalue weighted by Gasteiger charge is -2.19. The van der Waals surface area contributed by atoms with Gasteiger partial charge in [-0.3, -0.25) is 0 Å². The van der Waals surface area contributed by atoms with Crippen LogP contribution in [0.25, 0.3) is 21.9 Å². The molecule has 0 amide bonds. The van der Waals surface area contributed by atoms with Crippen LogP contribution in [-0.4, -0.2) is 48.0 Å². The minimum absolute atomic E-state index is 0.00714. The molecule has 8 heteroatoms. The van der Waals surface area contributed by atoms with Gasteiger partial charge in [-0.05, 0) is 67.3 Å². The van der Waals surface area contributed by atoms with E-state index < -0.39 is 12.2 Å². The standard InChI is InChI=1S/C26H30N6O2/c1-2-18-11-17-10-15-5-3-14(9-20(15)31-25(17)30-18)4-6-16-12-21(23(34)22(16)33)32-8-7-19-24(27)28-13-29-26(19)32/h3,5,7-10,13,16,18,21-23,33-34H,2,4,6,11-12H2,1H3,(H,30,31)(H2,27,28,29)/t16-,18+,21+,22+,23-/m0/s1. The van der Waals surface area contributed by atoms with Crippen molar-refractivity contribution in [1.82, 2.24) is 19.5 Å². The molecule has 0 saturated heterocycles. The third kappa shape index (κ3) is 3.49. The van der Waals surface area contributed by atoms with Gasteiger partial charge in [0.15, 0.2) is 0 Å². The summed E-state index contributed by atoms with van der Waals surface area (Å²) in [6.07, 6.45) is 6.10. The third-order valence-corrected chi connectivity index (χ3v) is 7.73. The first-order valence-corrected chi connectivity index (χ1v) is 12.1. The largest absolute Gasteiger partial charge is 0.390 e. The van der Waals surface area contributed by atoms with Crippen molar-refractivity contribution >= 4 is 33.6 Å². The van der Waals surface area contributed by atoms with Gasteiger partial charge in [-0.1, -0.05) is 19.1 Å². The van der Waals surface area contributed by atoms with Crippen LogP contribution in [0.3, 0.4) is 0 Å². The summed E-state index contributed by atoms with van der Waals surface area (Å²) in [5.74, 6) is 1.42. The summed E-state index contributed by atoms with van der Waals surface area (Å²) in [6, 6.07) is 10.8. The van der Waals surface area contributed by atoms with Crippen molar-refractivity contribution in [2.75, 3.05) is 11.1 Å². The molecule has 0 radical (unpaired) electrons. The van der Waals surface area contributed by atoms with Crippen LogP contribution in [0.1, 0.15) is 43.4 Å². The van der Waals surface area contributed by atoms with Crippen LogP contribution in [0.5, 0.6) is 0 Å². The molecule has 0 spiro atoms. The Morgan fingerprint density at radius 2 is 2.03 bits per heavy atom. The van der Waals surface area contributed by atoms with Gasteiger partial charge >= 0.3 is 0 Å². The molecule has 1 saturated carbocycles. The number of hydrogen-bond donors (Lipinski definition) is 4. The lowest BCUT2D eigenvalue weighted by molar-refractivity contribution is 0.00545. The SMILES string of the molecule is CC[C@@H]1Cc2cc3ccc(CC[C@H]4C[C@@H](n5ccc6c(N)ncnc65)[C@H](O)[C@@H]4O)cc3nc2N1. The molecule has 1 aliphatic carbocycles. The summed E-state index contributed by atoms with van der Waals surface area (Å²) < 4.78 is 1.93. The van der Waals surface area contributed by atoms with E-state index in [1.807, 2.05) is 16.8 Å². The molecule has 34 heavy (non-hydrogen) atoms. The van der Waals surface area contributed by atoms with Gasteiger partial charge in [0.1, 0.15) is 29.7 Å². The van der Waals surface area contributed by atoms with Crippen molar-refractivity contribution in [3.05, 3.63) is 54.0 Å². The van der Waals surface area contributed by atoms with E-state index >= 15 is 0 Å². The summed E-state index contributed by atoms with van der Waals surface area (Å²) in [4.78, 5) is 13.3. The highest BCUT2D eigenvalue weighted by Gasteiger charge is 2.42. The van der Waals surface area contributed by atoms with Gasteiger partial charge in [0.2, 0.25) is 0 Å². The van der Waals surface area contributed by atoms with Gasteiger partial charge in [-0.25, -0.2) is 15.0 Å². The topological polar surface area (TPSA) is 122 Å². The second kappa shape index (κ2) is 8.21. The summed E-state index contributed by atoms with van der Waals surface area (Å²) in [6.45, 7) is 2.20. The first-order chi connectivity index (χ1) is 16.5. The number of aliphatic hydroxyl groups is 2. The Kier molecular flexibility index (Phi) is 5.15. The number of rotatable bonds is 5. The first kappa shape index (κ1) is 21.3. The van der Waals surface area contributed by atoms with Gasteiger partial charge in [0.25, 0.3) is 0 Å². The van der Waals surface area contributed by atoms with Crippen LogP contribution < -0.4 is 11.1 Å². The molecule has 0 unspecified atom stereocenters. The highest BCUT2D eigenvalue weighted by atomic mass is 16.3. The number of nitrogens with two attached hydrogens (primary N) is 1. The Hall–Kier alpha value is -3.23. The van der Waals surface area contributed by atoms with Crippen LogP contribution in [0.15, 0.2) is 42.9 Å². The molecule has 5 N–H and O–H groups in total. The van der Waals surface area contributed by atoms with E-state index in [0.29, 0.717) is 23.9 Å². The molecule has 3 aromatic heterocycles. The molecule has 0 bridgehead atoms. The normalized spacial score (nSPS) is 26.3. The Balaban J connectivity index is 1.18. The smallest absolute Gasteiger partial charge is 0.145 e. The number of benzene rings is 1. The van der Waals surface area contributed by atoms with E-state index in [4.69, 9.17) is 10.7 Å². The van der Waals surface area contributed by atoms with Gasteiger partial charge in [-0.15, -0.1) is 0 Å². The summed E-state index contributed by atoms with van der Waals surface area (Å²) in [7, 11) is 0. The zero-order valence-electron chi connectivity index (χ0n) is 19.2. The molecule has 4 aromatic rings. The van der Waals surface area contributed by atoms with E-state index in [1.165, 1.54) is 17.5 Å². The van der Waals surface area contributed by atoms with Crippen LogP contribution in [-0.2, 0) is 12.8 Å². The van der Waals surface area contributed by atoms with Gasteiger partial charge < -0.3 is 25.8 Å². The molecule has 1 aromatic carbocycles. The summed E-state index contributed by atoms with van der Waals surface area (Å²) >= 11 is 0. The number of aliphatic hydroxyl groups excluding tert-OH is 2. The second-order valence-corrected chi connectivity index (χ2v) is 9.78. The molecule has 4 heterocycles. The van der Waals surface area contributed by atoms with Gasteiger partial charge in [0.05, 0.1) is 23.0 Å². The molecule has 6 rings (SSSR count). The fourth-order valence-electron chi connectivity index (χ4n) is 5.72. The third-order valence-electron chi connectivity index (χ3n) is 7.73. The second-order valence-electron chi connectivity index (χ2n) is 9.78. The van der Waals surface area contributed by atoms with E-state index in [1.54, 1.807) is 0 Å². The number of nitrogens with zero attached hydrogens (tertiary/aromatic N) is 4. The minimum atomic E-state index is -0.852. The average Bonchev–Trinajstić information content (AvgIpc) is 3.52. The molecule has 2 aliphatic rings. The maximum absolute atomic E-state index is 10.8. The number of aryl methyl sites for hydroxylation is 1. The highest BCUT2D eigenvalue weighted by Crippen LogP contribution is 2.40. The predicted octanol–water partition coefficient (Wildman–Crippen LogP) is 3.22. The van der Waals surface area contributed by atoms with Crippen LogP contribution >= 0.6 is 0 Å². The van der Waals surface area contributed by atoms with Crippen molar-refractivity contribution in [2.24, 2.45) is 5.92 Å². The maximum Gasteiger partial charge on any atom is 0.145 e. The molecule has 1 aliphatic heterocycles. The van der Waals surface area contributed by atoms with Crippen LogP contribution in [0.2, 0.25) is 0 Å². The van der Waals surface area contributed by atoms with E-state index in [2.05, 4.69) is 46.5 Å². The highest BCUT2D eigenvalue weighted by molar-refractivity contribution is 5.86. The van der Waals surface area contributed by atoms with Gasteiger partial charge in [-0.2, -0.15) is 0 Å². The fraction of sp³-hybridized carbons (Fsp3) is 0.423. The molecule has 8 nitrogen and oxygen atoms in total. The summed E-state index contributed by atoms with van der Waals surface area (Å²) in [5.41, 5.74) is 10.2. The molecule has 1 fully saturated rings. The number of anilines is 2. The van der Waals surface area contributed by atoms with Crippen molar-refractivity contribution < 1.29 is 10.2 Å². The number of nitrogens with one attached hydrogen (secondary N) is 1. The lowest BCUT2D eigenvalue weighted by Crippen LogP contribution is -2.29. The van der Waals surface area contributed by atoms with Crippen LogP contribution in [0.4, 0.5) is 11.6 Å². The number of fused-ring (bicyclic) bond motifs is 3. The number of pyridine rings is 1. The predicted molar refractivity (Wildman–Crippen MR) is 133 cm³/mol. The molecular weight excluding hydrogens is 428 g/mol. The average molecular weight is 459 g/mol. The quantitative estimate of drug-likeness (QED) is 0.362. The minimum Gasteiger partial charge on any atom is -0.390 e. The van der Waals surface area contributed by atoms with Crippen molar-refractivity contribution in [3.63, 3.8) is 0 Å². The molecule has 176 valence electrons. The van der Waals surface area contributed by atoms with Crippen molar-refractivity contribution in [2.45, 2.75) is 63.3 Å². The van der Waals surface area contributed by atoms with E-state index in [0.717, 1.165) is 47.8 Å². The molecular formula is C26H30N6O2. The Morgan fingerprint density at radius 3 is 2.88 bits per heavy atom. The van der Waals surface area contributed by atoms with Crippen molar-refractivity contribution in [3.8, 4) is 0 Å². The fourth-order valence-corrected chi connectivity index (χ4v) is 5.72.